The summed E-state index contributed by atoms with van der Waals surface area (Å²) in [6.07, 6.45) is 0. The van der Waals surface area contributed by atoms with Gasteiger partial charge in [-0.25, -0.2) is 9.78 Å². The molecule has 1 saturated carbocycles. The number of nitrogens with zero attached hydrogens (tertiary/aromatic N) is 1. The lowest BCUT2D eigenvalue weighted by Crippen LogP contribution is -2.15. The van der Waals surface area contributed by atoms with Gasteiger partial charge in [0, 0.05) is 6.04 Å². The fourth-order valence-electron chi connectivity index (χ4n) is 2.41. The highest BCUT2D eigenvalue weighted by Crippen LogP contribution is 2.63. The Hall–Kier alpha value is -1.29. The second-order valence-corrected chi connectivity index (χ2v) is 6.24. The summed E-state index contributed by atoms with van der Waals surface area (Å²) in [5.41, 5.74) is 0.359. The largest absolute Gasteiger partial charge is 0.478 e. The lowest BCUT2D eigenvalue weighted by molar-refractivity contribution is 0.0697. The average Bonchev–Trinajstić information content (AvgIpc) is 2.60. The molecule has 98 valence electrons. The molecule has 0 bridgehead atoms. The highest BCUT2D eigenvalue weighted by molar-refractivity contribution is 6.29. The number of carboxylic acid groups (broad SMARTS) is 1. The van der Waals surface area contributed by atoms with Gasteiger partial charge in [-0.05, 0) is 23.0 Å². The second-order valence-electron chi connectivity index (χ2n) is 5.86. The number of anilines is 1. The molecular weight excluding hydrogens is 252 g/mol. The first-order chi connectivity index (χ1) is 8.18. The molecule has 0 amide bonds. The number of aromatic carboxylic acids is 1. The molecule has 1 aromatic heterocycles. The number of carbonyl (C=O) groups is 1. The smallest absolute Gasteiger partial charge is 0.339 e. The lowest BCUT2D eigenvalue weighted by atomic mass is 10.0. The Labute approximate surface area is 111 Å². The lowest BCUT2D eigenvalue weighted by Gasteiger charge is -2.10. The van der Waals surface area contributed by atoms with Crippen molar-refractivity contribution in [2.75, 3.05) is 5.32 Å². The molecule has 2 N–H and O–H groups in total. The number of aromatic nitrogens is 1. The summed E-state index contributed by atoms with van der Waals surface area (Å²) >= 11 is 5.82. The van der Waals surface area contributed by atoms with E-state index in [1.165, 1.54) is 12.1 Å². The van der Waals surface area contributed by atoms with Crippen molar-refractivity contribution >= 4 is 23.4 Å². The fourth-order valence-corrected chi connectivity index (χ4v) is 2.56. The Bertz CT molecular complexity index is 498. The third-order valence-corrected chi connectivity index (χ3v) is 4.60. The minimum atomic E-state index is -1.00. The number of pyridine rings is 1. The predicted molar refractivity (Wildman–Crippen MR) is 71.2 cm³/mol. The molecule has 0 aromatic carbocycles. The minimum absolute atomic E-state index is 0.104. The Kier molecular flexibility index (Phi) is 2.81. The monoisotopic (exact) mass is 268 g/mol. The van der Waals surface area contributed by atoms with Crippen LogP contribution in [0.1, 0.15) is 38.1 Å². The van der Waals surface area contributed by atoms with Crippen LogP contribution in [0.3, 0.4) is 0 Å². The van der Waals surface area contributed by atoms with Crippen molar-refractivity contribution in [3.8, 4) is 0 Å². The number of hydrogen-bond acceptors (Lipinski definition) is 3. The summed E-state index contributed by atoms with van der Waals surface area (Å²) in [5.74, 6) is -0.656. The third kappa shape index (κ3) is 1.85. The summed E-state index contributed by atoms with van der Waals surface area (Å²) in [6, 6.07) is 3.15. The first-order valence-corrected chi connectivity index (χ1v) is 6.22. The van der Waals surface area contributed by atoms with E-state index in [1.807, 2.05) is 0 Å². The van der Waals surface area contributed by atoms with Crippen molar-refractivity contribution in [2.45, 2.75) is 33.7 Å². The first-order valence-electron chi connectivity index (χ1n) is 5.84. The molecule has 0 aliphatic heterocycles. The van der Waals surface area contributed by atoms with Gasteiger partial charge in [0.25, 0.3) is 0 Å². The van der Waals surface area contributed by atoms with E-state index in [1.54, 1.807) is 0 Å². The zero-order chi connectivity index (χ0) is 13.7. The average molecular weight is 269 g/mol. The molecule has 1 aromatic rings. The maximum Gasteiger partial charge on any atom is 0.339 e. The highest BCUT2D eigenvalue weighted by atomic mass is 35.5. The molecule has 4 nitrogen and oxygen atoms in total. The zero-order valence-electron chi connectivity index (χ0n) is 10.9. The molecule has 1 heterocycles. The van der Waals surface area contributed by atoms with E-state index >= 15 is 0 Å². The molecule has 1 aliphatic rings. The van der Waals surface area contributed by atoms with E-state index in [0.717, 1.165) is 0 Å². The molecule has 5 heteroatoms. The Morgan fingerprint density at radius 2 is 1.89 bits per heavy atom. The quantitative estimate of drug-likeness (QED) is 0.826. The first kappa shape index (κ1) is 13.1. The van der Waals surface area contributed by atoms with Crippen LogP contribution in [0.4, 0.5) is 5.82 Å². The SMILES string of the molecule is CC1(C)C(Nc2nc(Cl)ccc2C(=O)O)C1(C)C. The minimum Gasteiger partial charge on any atom is -0.478 e. The molecule has 0 spiro atoms. The Morgan fingerprint density at radius 3 is 2.33 bits per heavy atom. The molecule has 0 unspecified atom stereocenters. The van der Waals surface area contributed by atoms with Crippen LogP contribution in [-0.2, 0) is 0 Å². The molecule has 1 fully saturated rings. The predicted octanol–water partition coefficient (Wildman–Crippen LogP) is 3.28. The van der Waals surface area contributed by atoms with E-state index in [0.29, 0.717) is 11.0 Å². The molecule has 1 aliphatic carbocycles. The topological polar surface area (TPSA) is 62.2 Å². The van der Waals surface area contributed by atoms with Crippen molar-refractivity contribution in [1.29, 1.82) is 0 Å². The van der Waals surface area contributed by atoms with Gasteiger partial charge in [-0.1, -0.05) is 39.3 Å². The summed E-state index contributed by atoms with van der Waals surface area (Å²) in [7, 11) is 0. The van der Waals surface area contributed by atoms with Gasteiger partial charge in [-0.2, -0.15) is 0 Å². The zero-order valence-corrected chi connectivity index (χ0v) is 11.7. The van der Waals surface area contributed by atoms with Crippen molar-refractivity contribution in [3.05, 3.63) is 22.8 Å². The maximum atomic E-state index is 11.1. The Balaban J connectivity index is 2.31. The van der Waals surface area contributed by atoms with Crippen LogP contribution in [0.2, 0.25) is 5.15 Å². The van der Waals surface area contributed by atoms with E-state index in [2.05, 4.69) is 38.0 Å². The van der Waals surface area contributed by atoms with Crippen molar-refractivity contribution < 1.29 is 9.90 Å². The van der Waals surface area contributed by atoms with Crippen LogP contribution >= 0.6 is 11.6 Å². The molecular formula is C13H17ClN2O2. The van der Waals surface area contributed by atoms with Crippen LogP contribution in [0.5, 0.6) is 0 Å². The van der Waals surface area contributed by atoms with Crippen LogP contribution in [0, 0.1) is 10.8 Å². The summed E-state index contributed by atoms with van der Waals surface area (Å²) in [5, 5.41) is 12.6. The van der Waals surface area contributed by atoms with Crippen molar-refractivity contribution in [2.24, 2.45) is 10.8 Å². The maximum absolute atomic E-state index is 11.1. The summed E-state index contributed by atoms with van der Waals surface area (Å²) in [6.45, 7) is 8.59. The second kappa shape index (κ2) is 3.85. The van der Waals surface area contributed by atoms with E-state index in [4.69, 9.17) is 16.7 Å². The van der Waals surface area contributed by atoms with E-state index < -0.39 is 5.97 Å². The van der Waals surface area contributed by atoms with Gasteiger partial charge >= 0.3 is 5.97 Å². The normalized spacial score (nSPS) is 20.5. The molecule has 0 radical (unpaired) electrons. The van der Waals surface area contributed by atoms with Crippen LogP contribution in [0.25, 0.3) is 0 Å². The van der Waals surface area contributed by atoms with Gasteiger partial charge in [0.05, 0.1) is 0 Å². The number of carboxylic acids is 1. The van der Waals surface area contributed by atoms with E-state index in [-0.39, 0.29) is 22.4 Å². The standard InChI is InChI=1S/C13H17ClN2O2/c1-12(2)11(13(12,3)4)16-9-7(10(17)18)5-6-8(14)15-9/h5-6,11H,1-4H3,(H,15,16)(H,17,18). The number of halogens is 1. The van der Waals surface area contributed by atoms with Gasteiger partial charge in [0.15, 0.2) is 0 Å². The number of hydrogen-bond donors (Lipinski definition) is 2. The van der Waals surface area contributed by atoms with Gasteiger partial charge in [0.2, 0.25) is 0 Å². The Morgan fingerprint density at radius 1 is 1.33 bits per heavy atom. The summed E-state index contributed by atoms with van der Waals surface area (Å²) < 4.78 is 0. The van der Waals surface area contributed by atoms with Crippen molar-refractivity contribution in [1.82, 2.24) is 4.98 Å². The van der Waals surface area contributed by atoms with Crippen LogP contribution in [-0.4, -0.2) is 22.1 Å². The highest BCUT2D eigenvalue weighted by Gasteiger charge is 2.65. The molecule has 0 atom stereocenters. The van der Waals surface area contributed by atoms with Crippen molar-refractivity contribution in [3.63, 3.8) is 0 Å². The van der Waals surface area contributed by atoms with Crippen LogP contribution < -0.4 is 5.32 Å². The van der Waals surface area contributed by atoms with Gasteiger partial charge < -0.3 is 10.4 Å². The van der Waals surface area contributed by atoms with E-state index in [9.17, 15) is 4.79 Å². The van der Waals surface area contributed by atoms with Gasteiger partial charge in [-0.15, -0.1) is 0 Å². The molecule has 0 saturated heterocycles. The fraction of sp³-hybridized carbons (Fsp3) is 0.538. The summed E-state index contributed by atoms with van der Waals surface area (Å²) in [4.78, 5) is 15.2. The van der Waals surface area contributed by atoms with Crippen LogP contribution in [0.15, 0.2) is 12.1 Å². The number of nitrogens with one attached hydrogen (secondary N) is 1. The molecule has 2 rings (SSSR count). The number of rotatable bonds is 3. The molecule has 18 heavy (non-hydrogen) atoms. The van der Waals surface area contributed by atoms with Gasteiger partial charge in [-0.3, -0.25) is 0 Å². The third-order valence-electron chi connectivity index (χ3n) is 4.39. The van der Waals surface area contributed by atoms with Gasteiger partial charge in [0.1, 0.15) is 16.5 Å².